The molecule has 0 radical (unpaired) electrons. The Hall–Kier alpha value is -2.93. The molecule has 3 heterocycles. The van der Waals surface area contributed by atoms with Gasteiger partial charge in [-0.15, -0.1) is 11.3 Å². The van der Waals surface area contributed by atoms with Crippen LogP contribution in [0, 0.1) is 0 Å². The zero-order valence-electron chi connectivity index (χ0n) is 14.9. The van der Waals surface area contributed by atoms with Gasteiger partial charge in [0.15, 0.2) is 16.7 Å². The number of carbonyl (C=O) groups is 2. The summed E-state index contributed by atoms with van der Waals surface area (Å²) < 4.78 is 5.78. The average molecular weight is 381 g/mol. The summed E-state index contributed by atoms with van der Waals surface area (Å²) in [4.78, 5) is 32.4. The maximum Gasteiger partial charge on any atom is 0.289 e. The zero-order valence-corrected chi connectivity index (χ0v) is 15.7. The number of carbonyl (C=O) groups excluding carboxylic acids is 2. The maximum absolute atomic E-state index is 12.7. The number of hydrogen-bond donors (Lipinski definition) is 0. The Morgan fingerprint density at radius 2 is 1.78 bits per heavy atom. The number of aromatic nitrogens is 1. The lowest BCUT2D eigenvalue weighted by molar-refractivity contribution is 0.0715. The zero-order chi connectivity index (χ0) is 18.8. The molecule has 3 aromatic rings. The fourth-order valence-electron chi connectivity index (χ4n) is 3.11. The minimum atomic E-state index is -0.0969. The van der Waals surface area contributed by atoms with E-state index in [-0.39, 0.29) is 11.7 Å². The van der Waals surface area contributed by atoms with Crippen molar-refractivity contribution >= 4 is 28.2 Å². The van der Waals surface area contributed by atoms with Crippen LogP contribution in [0.25, 0.3) is 11.3 Å². The van der Waals surface area contributed by atoms with Crippen LogP contribution in [-0.4, -0.2) is 47.8 Å². The number of furan rings is 1. The van der Waals surface area contributed by atoms with Gasteiger partial charge < -0.3 is 14.2 Å². The van der Waals surface area contributed by atoms with Crippen LogP contribution in [0.15, 0.2) is 52.4 Å². The quantitative estimate of drug-likeness (QED) is 0.647. The van der Waals surface area contributed by atoms with Crippen LogP contribution in [-0.2, 0) is 0 Å². The molecule has 0 N–H and O–H groups in total. The number of benzene rings is 1. The van der Waals surface area contributed by atoms with E-state index in [1.165, 1.54) is 6.92 Å². The molecule has 2 aromatic heterocycles. The molecule has 1 fully saturated rings. The fraction of sp³-hybridized carbons (Fsp3) is 0.250. The fourth-order valence-corrected chi connectivity index (χ4v) is 3.80. The second-order valence-electron chi connectivity index (χ2n) is 6.39. The summed E-state index contributed by atoms with van der Waals surface area (Å²) in [7, 11) is 0. The molecule has 138 valence electrons. The Labute approximate surface area is 161 Å². The molecule has 27 heavy (non-hydrogen) atoms. The molecule has 0 aliphatic carbocycles. The van der Waals surface area contributed by atoms with Gasteiger partial charge in [0.05, 0.1) is 0 Å². The Balaban J connectivity index is 1.42. The van der Waals surface area contributed by atoms with Crippen LogP contribution in [0.2, 0.25) is 0 Å². The number of thiazole rings is 1. The molecular weight excluding hydrogens is 362 g/mol. The van der Waals surface area contributed by atoms with Gasteiger partial charge in [-0.05, 0) is 19.1 Å². The van der Waals surface area contributed by atoms with E-state index in [1.807, 2.05) is 22.4 Å². The van der Waals surface area contributed by atoms with Crippen molar-refractivity contribution in [1.82, 2.24) is 9.88 Å². The minimum Gasteiger partial charge on any atom is -0.451 e. The first-order valence-electron chi connectivity index (χ1n) is 8.77. The number of rotatable bonds is 4. The van der Waals surface area contributed by atoms with E-state index in [0.29, 0.717) is 30.2 Å². The van der Waals surface area contributed by atoms with Crippen molar-refractivity contribution in [3.63, 3.8) is 0 Å². The lowest BCUT2D eigenvalue weighted by atomic mass is 10.1. The number of Topliss-reactive ketones (excluding diaryl/α,β-unsaturated/α-hetero) is 1. The number of nitrogens with zero attached hydrogens (tertiary/aromatic N) is 3. The van der Waals surface area contributed by atoms with E-state index >= 15 is 0 Å². The molecule has 1 amide bonds. The van der Waals surface area contributed by atoms with Crippen molar-refractivity contribution in [2.24, 2.45) is 0 Å². The van der Waals surface area contributed by atoms with Gasteiger partial charge in [0.2, 0.25) is 0 Å². The van der Waals surface area contributed by atoms with Gasteiger partial charge in [0.1, 0.15) is 5.76 Å². The van der Waals surface area contributed by atoms with Crippen molar-refractivity contribution in [2.75, 3.05) is 31.1 Å². The molecule has 4 rings (SSSR count). The minimum absolute atomic E-state index is 0.0220. The second-order valence-corrected chi connectivity index (χ2v) is 7.26. The van der Waals surface area contributed by atoms with Crippen LogP contribution in [0.5, 0.6) is 0 Å². The molecule has 0 atom stereocenters. The van der Waals surface area contributed by atoms with Gasteiger partial charge in [0.25, 0.3) is 5.91 Å². The predicted octanol–water partition coefficient (Wildman–Crippen LogP) is 3.57. The van der Waals surface area contributed by atoms with E-state index in [0.717, 1.165) is 23.8 Å². The Bertz CT molecular complexity index is 939. The molecule has 1 aromatic carbocycles. The van der Waals surface area contributed by atoms with Crippen LogP contribution < -0.4 is 4.90 Å². The van der Waals surface area contributed by atoms with Crippen molar-refractivity contribution in [2.45, 2.75) is 6.92 Å². The molecule has 1 aliphatic rings. The third-order valence-electron chi connectivity index (χ3n) is 4.65. The highest BCUT2D eigenvalue weighted by Gasteiger charge is 2.25. The summed E-state index contributed by atoms with van der Waals surface area (Å²) in [5, 5.41) is 2.96. The number of anilines is 1. The van der Waals surface area contributed by atoms with E-state index in [4.69, 9.17) is 4.42 Å². The van der Waals surface area contributed by atoms with Crippen LogP contribution >= 0.6 is 11.3 Å². The Morgan fingerprint density at radius 3 is 2.41 bits per heavy atom. The Morgan fingerprint density at radius 1 is 1.04 bits per heavy atom. The normalized spacial score (nSPS) is 14.4. The number of amides is 1. The third kappa shape index (κ3) is 3.64. The summed E-state index contributed by atoms with van der Waals surface area (Å²) >= 11 is 1.61. The molecule has 1 saturated heterocycles. The first-order chi connectivity index (χ1) is 13.1. The average Bonchev–Trinajstić information content (AvgIpc) is 3.40. The van der Waals surface area contributed by atoms with Crippen molar-refractivity contribution in [3.05, 3.63) is 59.3 Å². The molecular formula is C20H19N3O3S. The monoisotopic (exact) mass is 381 g/mol. The summed E-state index contributed by atoms with van der Waals surface area (Å²) in [6, 6.07) is 10.7. The summed E-state index contributed by atoms with van der Waals surface area (Å²) in [6.07, 6.45) is 1.80. The SMILES string of the molecule is CC(=O)c1ccc(-c2ccc(C(=O)N3CCN(c4nccs4)CC3)o2)cc1. The van der Waals surface area contributed by atoms with Crippen molar-refractivity contribution < 1.29 is 14.0 Å². The molecule has 0 saturated carbocycles. The number of ketones is 1. The molecule has 0 unspecified atom stereocenters. The molecule has 7 heteroatoms. The number of piperazine rings is 1. The van der Waals surface area contributed by atoms with Gasteiger partial charge in [-0.25, -0.2) is 4.98 Å². The first kappa shape index (κ1) is 17.5. The first-order valence-corrected chi connectivity index (χ1v) is 9.65. The Kier molecular flexibility index (Phi) is 4.77. The summed E-state index contributed by atoms with van der Waals surface area (Å²) in [5.74, 6) is 0.882. The van der Waals surface area contributed by atoms with Gasteiger partial charge in [0, 0.05) is 48.9 Å². The molecule has 6 nitrogen and oxygen atoms in total. The topological polar surface area (TPSA) is 66.7 Å². The largest absolute Gasteiger partial charge is 0.451 e. The molecule has 0 bridgehead atoms. The lowest BCUT2D eigenvalue weighted by Crippen LogP contribution is -2.48. The number of hydrogen-bond acceptors (Lipinski definition) is 6. The van der Waals surface area contributed by atoms with E-state index in [1.54, 1.807) is 41.8 Å². The van der Waals surface area contributed by atoms with E-state index in [2.05, 4.69) is 9.88 Å². The van der Waals surface area contributed by atoms with Crippen molar-refractivity contribution in [1.29, 1.82) is 0 Å². The lowest BCUT2D eigenvalue weighted by Gasteiger charge is -2.34. The van der Waals surface area contributed by atoms with E-state index < -0.39 is 0 Å². The van der Waals surface area contributed by atoms with Gasteiger partial charge in [-0.2, -0.15) is 0 Å². The second kappa shape index (κ2) is 7.36. The summed E-state index contributed by atoms with van der Waals surface area (Å²) in [6.45, 7) is 4.34. The molecule has 0 spiro atoms. The highest BCUT2D eigenvalue weighted by atomic mass is 32.1. The maximum atomic E-state index is 12.7. The highest BCUT2D eigenvalue weighted by Crippen LogP contribution is 2.24. The smallest absolute Gasteiger partial charge is 0.289 e. The van der Waals surface area contributed by atoms with Crippen molar-refractivity contribution in [3.8, 4) is 11.3 Å². The van der Waals surface area contributed by atoms with Crippen LogP contribution in [0.3, 0.4) is 0 Å². The van der Waals surface area contributed by atoms with Crippen LogP contribution in [0.1, 0.15) is 27.8 Å². The van der Waals surface area contributed by atoms with Gasteiger partial charge >= 0.3 is 0 Å². The van der Waals surface area contributed by atoms with E-state index in [9.17, 15) is 9.59 Å². The van der Waals surface area contributed by atoms with Crippen LogP contribution in [0.4, 0.5) is 5.13 Å². The predicted molar refractivity (Wildman–Crippen MR) is 104 cm³/mol. The molecule has 1 aliphatic heterocycles. The third-order valence-corrected chi connectivity index (χ3v) is 5.48. The summed E-state index contributed by atoms with van der Waals surface area (Å²) in [5.41, 5.74) is 1.49. The van der Waals surface area contributed by atoms with Gasteiger partial charge in [-0.1, -0.05) is 24.3 Å². The standard InChI is InChI=1S/C20H19N3O3S/c1-14(24)15-2-4-16(5-3-15)17-6-7-18(26-17)19(25)22-9-11-23(12-10-22)20-21-8-13-27-20/h2-8,13H,9-12H2,1H3. The highest BCUT2D eigenvalue weighted by molar-refractivity contribution is 7.13. The van der Waals surface area contributed by atoms with Gasteiger partial charge in [-0.3, -0.25) is 9.59 Å².